The van der Waals surface area contributed by atoms with E-state index in [1.807, 2.05) is 0 Å². The van der Waals surface area contributed by atoms with Crippen LogP contribution in [0.15, 0.2) is 12.1 Å². The molecule has 4 heteroatoms. The van der Waals surface area contributed by atoms with Crippen molar-refractivity contribution in [2.45, 2.75) is 44.9 Å². The van der Waals surface area contributed by atoms with Crippen LogP contribution in [0.3, 0.4) is 0 Å². The van der Waals surface area contributed by atoms with E-state index in [2.05, 4.69) is 6.92 Å². The lowest BCUT2D eigenvalue weighted by Crippen LogP contribution is -2.06. The first kappa shape index (κ1) is 15.7. The standard InChI is InChI=1S/C17H24O4/c1-4-5-11-6-7-12(8-11)13-9-14(17(18)19)16(21-3)10-15(13)20-2/h9-12H,4-8H2,1-3H3,(H,18,19). The third-order valence-corrected chi connectivity index (χ3v) is 4.46. The Labute approximate surface area is 126 Å². The number of benzene rings is 1. The molecule has 0 radical (unpaired) electrons. The van der Waals surface area contributed by atoms with Gasteiger partial charge in [0, 0.05) is 6.07 Å². The van der Waals surface area contributed by atoms with Gasteiger partial charge in [-0.2, -0.15) is 0 Å². The Morgan fingerprint density at radius 3 is 2.52 bits per heavy atom. The number of hydrogen-bond donors (Lipinski definition) is 1. The summed E-state index contributed by atoms with van der Waals surface area (Å²) in [6.45, 7) is 2.21. The average Bonchev–Trinajstić information content (AvgIpc) is 2.94. The van der Waals surface area contributed by atoms with Gasteiger partial charge in [-0.1, -0.05) is 19.8 Å². The number of methoxy groups -OCH3 is 2. The van der Waals surface area contributed by atoms with E-state index >= 15 is 0 Å². The molecule has 0 aliphatic heterocycles. The van der Waals surface area contributed by atoms with E-state index < -0.39 is 5.97 Å². The second kappa shape index (κ2) is 6.83. The largest absolute Gasteiger partial charge is 0.496 e. The third-order valence-electron chi connectivity index (χ3n) is 4.46. The summed E-state index contributed by atoms with van der Waals surface area (Å²) in [5.41, 5.74) is 1.22. The van der Waals surface area contributed by atoms with E-state index in [1.165, 1.54) is 26.4 Å². The predicted molar refractivity (Wildman–Crippen MR) is 81.5 cm³/mol. The first-order valence-electron chi connectivity index (χ1n) is 7.59. The smallest absolute Gasteiger partial charge is 0.339 e. The lowest BCUT2D eigenvalue weighted by Gasteiger charge is -2.18. The third kappa shape index (κ3) is 3.31. The first-order chi connectivity index (χ1) is 10.1. The van der Waals surface area contributed by atoms with Crippen LogP contribution in [0.1, 0.15) is 60.9 Å². The zero-order valence-electron chi connectivity index (χ0n) is 13.0. The van der Waals surface area contributed by atoms with Gasteiger partial charge in [0.15, 0.2) is 0 Å². The van der Waals surface area contributed by atoms with Crippen LogP contribution in [-0.4, -0.2) is 25.3 Å². The highest BCUT2D eigenvalue weighted by atomic mass is 16.5. The van der Waals surface area contributed by atoms with Crippen LogP contribution in [-0.2, 0) is 0 Å². The van der Waals surface area contributed by atoms with Gasteiger partial charge >= 0.3 is 5.97 Å². The van der Waals surface area contributed by atoms with Gasteiger partial charge in [0.05, 0.1) is 14.2 Å². The second-order valence-corrected chi connectivity index (χ2v) is 5.76. The van der Waals surface area contributed by atoms with E-state index in [1.54, 1.807) is 19.2 Å². The van der Waals surface area contributed by atoms with Gasteiger partial charge < -0.3 is 14.6 Å². The quantitative estimate of drug-likeness (QED) is 0.858. The fourth-order valence-electron chi connectivity index (χ4n) is 3.44. The van der Waals surface area contributed by atoms with Crippen molar-refractivity contribution >= 4 is 5.97 Å². The topological polar surface area (TPSA) is 55.8 Å². The van der Waals surface area contributed by atoms with Crippen LogP contribution >= 0.6 is 0 Å². The molecule has 0 spiro atoms. The molecule has 0 aromatic heterocycles. The zero-order chi connectivity index (χ0) is 15.4. The highest BCUT2D eigenvalue weighted by Crippen LogP contribution is 2.45. The van der Waals surface area contributed by atoms with Gasteiger partial charge in [0.2, 0.25) is 0 Å². The van der Waals surface area contributed by atoms with Crippen LogP contribution in [0.4, 0.5) is 0 Å². The summed E-state index contributed by atoms with van der Waals surface area (Å²) in [7, 11) is 3.10. The van der Waals surface area contributed by atoms with Crippen molar-refractivity contribution in [3.63, 3.8) is 0 Å². The number of carboxylic acids is 1. The Balaban J connectivity index is 2.34. The maximum atomic E-state index is 11.4. The van der Waals surface area contributed by atoms with Crippen molar-refractivity contribution in [3.8, 4) is 11.5 Å². The van der Waals surface area contributed by atoms with Crippen LogP contribution in [0, 0.1) is 5.92 Å². The van der Waals surface area contributed by atoms with Gasteiger partial charge in [-0.25, -0.2) is 4.79 Å². The van der Waals surface area contributed by atoms with Crippen molar-refractivity contribution in [1.29, 1.82) is 0 Å². The van der Waals surface area contributed by atoms with Crippen molar-refractivity contribution < 1.29 is 19.4 Å². The molecule has 2 rings (SSSR count). The molecule has 1 aromatic carbocycles. The van der Waals surface area contributed by atoms with E-state index in [4.69, 9.17) is 9.47 Å². The molecule has 1 aromatic rings. The van der Waals surface area contributed by atoms with Crippen molar-refractivity contribution in [2.75, 3.05) is 14.2 Å². The number of aromatic carboxylic acids is 1. The Bertz CT molecular complexity index is 510. The molecule has 0 amide bonds. The fraction of sp³-hybridized carbons (Fsp3) is 0.588. The summed E-state index contributed by atoms with van der Waals surface area (Å²) in [4.78, 5) is 11.4. The number of hydrogen-bond acceptors (Lipinski definition) is 3. The molecule has 1 aliphatic carbocycles. The molecule has 4 nitrogen and oxygen atoms in total. The molecule has 116 valence electrons. The maximum Gasteiger partial charge on any atom is 0.339 e. The van der Waals surface area contributed by atoms with Crippen molar-refractivity contribution in [1.82, 2.24) is 0 Å². The molecule has 0 heterocycles. The van der Waals surface area contributed by atoms with Gasteiger partial charge in [-0.3, -0.25) is 0 Å². The molecule has 1 aliphatic rings. The molecule has 0 saturated heterocycles. The zero-order valence-corrected chi connectivity index (χ0v) is 13.0. The minimum Gasteiger partial charge on any atom is -0.496 e. The molecule has 1 fully saturated rings. The summed E-state index contributed by atoms with van der Waals surface area (Å²) in [6.07, 6.45) is 5.90. The van der Waals surface area contributed by atoms with E-state index in [0.717, 1.165) is 30.1 Å². The van der Waals surface area contributed by atoms with Gasteiger partial charge in [-0.15, -0.1) is 0 Å². The fourth-order valence-corrected chi connectivity index (χ4v) is 3.44. The maximum absolute atomic E-state index is 11.4. The first-order valence-corrected chi connectivity index (χ1v) is 7.59. The minimum atomic E-state index is -0.959. The number of carboxylic acid groups (broad SMARTS) is 1. The summed E-state index contributed by atoms with van der Waals surface area (Å²) < 4.78 is 10.6. The van der Waals surface area contributed by atoms with Crippen LogP contribution in [0.5, 0.6) is 11.5 Å². The predicted octanol–water partition coefficient (Wildman–Crippen LogP) is 4.09. The molecule has 1 N–H and O–H groups in total. The molecular weight excluding hydrogens is 268 g/mol. The van der Waals surface area contributed by atoms with Crippen molar-refractivity contribution in [2.24, 2.45) is 5.92 Å². The Hall–Kier alpha value is -1.71. The summed E-state index contributed by atoms with van der Waals surface area (Å²) >= 11 is 0. The molecular formula is C17H24O4. The summed E-state index contributed by atoms with van der Waals surface area (Å²) in [5, 5.41) is 9.34. The Morgan fingerprint density at radius 1 is 1.24 bits per heavy atom. The van der Waals surface area contributed by atoms with Crippen molar-refractivity contribution in [3.05, 3.63) is 23.3 Å². The monoisotopic (exact) mass is 292 g/mol. The highest BCUT2D eigenvalue weighted by molar-refractivity contribution is 5.91. The van der Waals surface area contributed by atoms with Crippen LogP contribution in [0.25, 0.3) is 0 Å². The Kier molecular flexibility index (Phi) is 5.10. The number of carbonyl (C=O) groups is 1. The lowest BCUT2D eigenvalue weighted by atomic mass is 9.92. The van der Waals surface area contributed by atoms with Crippen LogP contribution < -0.4 is 9.47 Å². The van der Waals surface area contributed by atoms with Gasteiger partial charge in [0.1, 0.15) is 17.1 Å². The summed E-state index contributed by atoms with van der Waals surface area (Å²) in [5.74, 6) is 1.27. The molecule has 21 heavy (non-hydrogen) atoms. The Morgan fingerprint density at radius 2 is 1.95 bits per heavy atom. The van der Waals surface area contributed by atoms with E-state index in [9.17, 15) is 9.90 Å². The SMILES string of the molecule is CCCC1CCC(c2cc(C(=O)O)c(OC)cc2OC)C1. The number of ether oxygens (including phenoxy) is 2. The minimum absolute atomic E-state index is 0.215. The molecule has 2 unspecified atom stereocenters. The molecule has 2 atom stereocenters. The molecule has 1 saturated carbocycles. The lowest BCUT2D eigenvalue weighted by molar-refractivity contribution is 0.0693. The van der Waals surface area contributed by atoms with E-state index in [0.29, 0.717) is 11.7 Å². The second-order valence-electron chi connectivity index (χ2n) is 5.76. The average molecular weight is 292 g/mol. The highest BCUT2D eigenvalue weighted by Gasteiger charge is 2.29. The number of rotatable bonds is 6. The molecule has 0 bridgehead atoms. The van der Waals surface area contributed by atoms with Crippen LogP contribution in [0.2, 0.25) is 0 Å². The van der Waals surface area contributed by atoms with Gasteiger partial charge in [0.25, 0.3) is 0 Å². The van der Waals surface area contributed by atoms with Gasteiger partial charge in [-0.05, 0) is 42.7 Å². The van der Waals surface area contributed by atoms with E-state index in [-0.39, 0.29) is 5.56 Å². The summed E-state index contributed by atoms with van der Waals surface area (Å²) in [6, 6.07) is 3.44. The normalized spacial score (nSPS) is 21.3.